The van der Waals surface area contributed by atoms with E-state index in [0.29, 0.717) is 13.1 Å². The molecule has 1 heterocycles. The number of nitrogens with one attached hydrogen (secondary N) is 1. The Morgan fingerprint density at radius 1 is 1.21 bits per heavy atom. The molecule has 0 radical (unpaired) electrons. The van der Waals surface area contributed by atoms with Crippen molar-refractivity contribution in [2.24, 2.45) is 0 Å². The Balaban J connectivity index is 1.40. The van der Waals surface area contributed by atoms with Crippen molar-refractivity contribution in [3.05, 3.63) is 60.4 Å². The topological polar surface area (TPSA) is 65.0 Å². The van der Waals surface area contributed by atoms with Crippen LogP contribution in [0.4, 0.5) is 10.1 Å². The number of amides is 1. The molecule has 0 aliphatic carbocycles. The number of nitrogens with zero attached hydrogens (tertiary/aromatic N) is 2. The molecule has 0 bridgehead atoms. The summed E-state index contributed by atoms with van der Waals surface area (Å²) in [7, 11) is 0. The number of hydrogen-bond donors (Lipinski definition) is 2. The molecule has 2 aromatic rings. The van der Waals surface area contributed by atoms with Crippen LogP contribution in [0.25, 0.3) is 0 Å². The number of aliphatic hydroxyl groups is 1. The highest BCUT2D eigenvalue weighted by Gasteiger charge is 2.26. The molecule has 156 valence electrons. The SMILES string of the molecule is C[C@H]1CN(CC(=O)Nc2ccccc2)CCN1C[C@H](O)COc1ccccc1F. The van der Waals surface area contributed by atoms with Crippen LogP contribution in [0, 0.1) is 5.82 Å². The molecule has 2 atom stereocenters. The van der Waals surface area contributed by atoms with Crippen LogP contribution >= 0.6 is 0 Å². The van der Waals surface area contributed by atoms with Crippen LogP contribution in [0.2, 0.25) is 0 Å². The molecule has 0 aromatic heterocycles. The number of hydrogen-bond acceptors (Lipinski definition) is 5. The van der Waals surface area contributed by atoms with Gasteiger partial charge in [-0.25, -0.2) is 4.39 Å². The van der Waals surface area contributed by atoms with Gasteiger partial charge in [-0.15, -0.1) is 0 Å². The maximum atomic E-state index is 13.6. The minimum absolute atomic E-state index is 0.0322. The van der Waals surface area contributed by atoms with E-state index >= 15 is 0 Å². The maximum Gasteiger partial charge on any atom is 0.238 e. The predicted octanol–water partition coefficient (Wildman–Crippen LogP) is 2.21. The number of carbonyl (C=O) groups excluding carboxylic acids is 1. The summed E-state index contributed by atoms with van der Waals surface area (Å²) in [5.74, 6) is -0.320. The molecule has 0 saturated carbocycles. The number of benzene rings is 2. The maximum absolute atomic E-state index is 13.6. The number of rotatable bonds is 8. The number of ether oxygens (including phenoxy) is 1. The summed E-state index contributed by atoms with van der Waals surface area (Å²) in [5.41, 5.74) is 0.794. The molecule has 1 amide bonds. The lowest BCUT2D eigenvalue weighted by atomic mass is 10.1. The van der Waals surface area contributed by atoms with Crippen LogP contribution in [0.1, 0.15) is 6.92 Å². The second-order valence-corrected chi connectivity index (χ2v) is 7.39. The Morgan fingerprint density at radius 3 is 2.66 bits per heavy atom. The number of para-hydroxylation sites is 2. The molecule has 1 aliphatic rings. The van der Waals surface area contributed by atoms with Gasteiger partial charge >= 0.3 is 0 Å². The minimum Gasteiger partial charge on any atom is -0.488 e. The van der Waals surface area contributed by atoms with Gasteiger partial charge in [0, 0.05) is 37.9 Å². The normalized spacial score (nSPS) is 18.9. The van der Waals surface area contributed by atoms with E-state index in [1.807, 2.05) is 30.3 Å². The van der Waals surface area contributed by atoms with Gasteiger partial charge < -0.3 is 15.2 Å². The zero-order valence-electron chi connectivity index (χ0n) is 16.6. The van der Waals surface area contributed by atoms with Gasteiger partial charge in [0.15, 0.2) is 11.6 Å². The first kappa shape index (κ1) is 21.2. The van der Waals surface area contributed by atoms with Crippen molar-refractivity contribution in [2.75, 3.05) is 44.6 Å². The van der Waals surface area contributed by atoms with Crippen molar-refractivity contribution in [3.63, 3.8) is 0 Å². The summed E-state index contributed by atoms with van der Waals surface area (Å²) >= 11 is 0. The molecule has 6 nitrogen and oxygen atoms in total. The quantitative estimate of drug-likeness (QED) is 0.710. The number of anilines is 1. The highest BCUT2D eigenvalue weighted by atomic mass is 19.1. The fourth-order valence-corrected chi connectivity index (χ4v) is 3.48. The molecule has 1 fully saturated rings. The average molecular weight is 401 g/mol. The van der Waals surface area contributed by atoms with Gasteiger partial charge in [-0.3, -0.25) is 14.6 Å². The summed E-state index contributed by atoms with van der Waals surface area (Å²) in [6.45, 7) is 5.12. The second kappa shape index (κ2) is 10.3. The zero-order chi connectivity index (χ0) is 20.6. The van der Waals surface area contributed by atoms with Crippen LogP contribution in [0.5, 0.6) is 5.75 Å². The van der Waals surface area contributed by atoms with Crippen LogP contribution in [-0.2, 0) is 4.79 Å². The average Bonchev–Trinajstić information content (AvgIpc) is 2.70. The molecule has 7 heteroatoms. The Bertz CT molecular complexity index is 790. The van der Waals surface area contributed by atoms with E-state index in [2.05, 4.69) is 22.0 Å². The summed E-state index contributed by atoms with van der Waals surface area (Å²) in [5, 5.41) is 13.2. The van der Waals surface area contributed by atoms with Crippen molar-refractivity contribution >= 4 is 11.6 Å². The fraction of sp³-hybridized carbons (Fsp3) is 0.409. The highest BCUT2D eigenvalue weighted by molar-refractivity contribution is 5.92. The first-order valence-corrected chi connectivity index (χ1v) is 9.88. The summed E-state index contributed by atoms with van der Waals surface area (Å²) in [6, 6.07) is 15.8. The number of aliphatic hydroxyl groups excluding tert-OH is 1. The number of carbonyl (C=O) groups is 1. The van der Waals surface area contributed by atoms with Crippen LogP contribution in [-0.4, -0.2) is 72.3 Å². The zero-order valence-corrected chi connectivity index (χ0v) is 16.6. The third-order valence-electron chi connectivity index (χ3n) is 4.99. The molecular weight excluding hydrogens is 373 g/mol. The molecular formula is C22H28FN3O3. The Hall–Kier alpha value is -2.48. The van der Waals surface area contributed by atoms with E-state index < -0.39 is 11.9 Å². The first-order valence-electron chi connectivity index (χ1n) is 9.88. The summed E-state index contributed by atoms with van der Waals surface area (Å²) < 4.78 is 19.0. The lowest BCUT2D eigenvalue weighted by Crippen LogP contribution is -2.55. The number of piperazine rings is 1. The van der Waals surface area contributed by atoms with Crippen LogP contribution in [0.15, 0.2) is 54.6 Å². The second-order valence-electron chi connectivity index (χ2n) is 7.39. The van der Waals surface area contributed by atoms with E-state index in [0.717, 1.165) is 25.3 Å². The van der Waals surface area contributed by atoms with Gasteiger partial charge in [0.1, 0.15) is 12.7 Å². The van der Waals surface area contributed by atoms with Gasteiger partial charge in [0.2, 0.25) is 5.91 Å². The molecule has 1 aliphatic heterocycles. The molecule has 3 rings (SSSR count). The van der Waals surface area contributed by atoms with Gasteiger partial charge in [0.25, 0.3) is 0 Å². The molecule has 2 aromatic carbocycles. The van der Waals surface area contributed by atoms with E-state index in [-0.39, 0.29) is 24.3 Å². The van der Waals surface area contributed by atoms with E-state index in [9.17, 15) is 14.3 Å². The molecule has 2 N–H and O–H groups in total. The standard InChI is InChI=1S/C22H28FN3O3/c1-17-13-25(15-22(28)24-18-7-3-2-4-8-18)11-12-26(17)14-19(27)16-29-21-10-6-5-9-20(21)23/h2-10,17,19,27H,11-16H2,1H3,(H,24,28)/t17-,19-/m0/s1. The summed E-state index contributed by atoms with van der Waals surface area (Å²) in [6.07, 6.45) is -0.718. The van der Waals surface area contributed by atoms with E-state index in [1.165, 1.54) is 6.07 Å². The Kier molecular flexibility index (Phi) is 7.57. The fourth-order valence-electron chi connectivity index (χ4n) is 3.48. The van der Waals surface area contributed by atoms with Crippen molar-refractivity contribution in [1.82, 2.24) is 9.80 Å². The van der Waals surface area contributed by atoms with Crippen molar-refractivity contribution in [2.45, 2.75) is 19.1 Å². The smallest absolute Gasteiger partial charge is 0.238 e. The molecule has 29 heavy (non-hydrogen) atoms. The van der Waals surface area contributed by atoms with Crippen LogP contribution in [0.3, 0.4) is 0 Å². The highest BCUT2D eigenvalue weighted by Crippen LogP contribution is 2.16. The van der Waals surface area contributed by atoms with Crippen molar-refractivity contribution < 1.29 is 19.0 Å². The van der Waals surface area contributed by atoms with Gasteiger partial charge in [-0.2, -0.15) is 0 Å². The third kappa shape index (κ3) is 6.52. The third-order valence-corrected chi connectivity index (χ3v) is 4.99. The largest absolute Gasteiger partial charge is 0.488 e. The predicted molar refractivity (Wildman–Crippen MR) is 110 cm³/mol. The Labute approximate surface area is 170 Å². The van der Waals surface area contributed by atoms with Crippen molar-refractivity contribution in [1.29, 1.82) is 0 Å². The summed E-state index contributed by atoms with van der Waals surface area (Å²) in [4.78, 5) is 16.5. The van der Waals surface area contributed by atoms with Gasteiger partial charge in [-0.05, 0) is 31.2 Å². The lowest BCUT2D eigenvalue weighted by Gasteiger charge is -2.40. The Morgan fingerprint density at radius 2 is 1.93 bits per heavy atom. The molecule has 0 spiro atoms. The lowest BCUT2D eigenvalue weighted by molar-refractivity contribution is -0.118. The van der Waals surface area contributed by atoms with E-state index in [1.54, 1.807) is 18.2 Å². The first-order chi connectivity index (χ1) is 14.0. The van der Waals surface area contributed by atoms with E-state index in [4.69, 9.17) is 4.74 Å². The molecule has 1 saturated heterocycles. The van der Waals surface area contributed by atoms with Crippen molar-refractivity contribution in [3.8, 4) is 5.75 Å². The number of β-amino-alcohol motifs (C(OH)–C–C–N with tert-alkyl or cyclic N) is 1. The monoisotopic (exact) mass is 401 g/mol. The molecule has 0 unspecified atom stereocenters. The van der Waals surface area contributed by atoms with Gasteiger partial charge in [0.05, 0.1) is 6.54 Å². The minimum atomic E-state index is -0.718. The van der Waals surface area contributed by atoms with Gasteiger partial charge in [-0.1, -0.05) is 30.3 Å². The number of halogens is 1. The van der Waals surface area contributed by atoms with Crippen LogP contribution < -0.4 is 10.1 Å².